The Morgan fingerprint density at radius 3 is 1.03 bits per heavy atom. The summed E-state index contributed by atoms with van der Waals surface area (Å²) in [5.74, 6) is 0. The maximum atomic E-state index is 2.30. The van der Waals surface area contributed by atoms with Crippen molar-refractivity contribution in [2.24, 2.45) is 0 Å². The zero-order valence-corrected chi connectivity index (χ0v) is 22.0. The van der Waals surface area contributed by atoms with Crippen LogP contribution in [-0.4, -0.2) is 14.5 Å². The topological polar surface area (TPSA) is 0 Å². The summed E-state index contributed by atoms with van der Waals surface area (Å²) < 4.78 is 2.98. The molecule has 1 aromatic heterocycles. The van der Waals surface area contributed by atoms with E-state index >= 15 is 0 Å². The van der Waals surface area contributed by atoms with Gasteiger partial charge in [0.25, 0.3) is 0 Å². The van der Waals surface area contributed by atoms with E-state index in [-0.39, 0.29) is 14.5 Å². The standard InChI is InChI=1S/C36H24Se/c1-3-9-25(10-4-1)27-17-21-29(22-18-27)31-13-7-15-33-34-16-8-14-32(36(34)37-35(31)33)30-23-19-28(20-24-30)26-11-5-2-6-12-26/h1-24H. The Hall–Kier alpha value is -4.16. The van der Waals surface area contributed by atoms with Crippen molar-refractivity contribution < 1.29 is 0 Å². The molecule has 7 rings (SSSR count). The Bertz CT molecular complexity index is 1690. The van der Waals surface area contributed by atoms with Crippen LogP contribution in [0.4, 0.5) is 0 Å². The molecule has 1 heterocycles. The third-order valence-corrected chi connectivity index (χ3v) is 9.83. The predicted octanol–water partition coefficient (Wildman–Crippen LogP) is 9.72. The molecule has 0 nitrogen and oxygen atoms in total. The van der Waals surface area contributed by atoms with Crippen molar-refractivity contribution in [3.05, 3.63) is 146 Å². The Morgan fingerprint density at radius 2 is 0.622 bits per heavy atom. The Balaban J connectivity index is 1.32. The summed E-state index contributed by atoms with van der Waals surface area (Å²) in [4.78, 5) is 0. The van der Waals surface area contributed by atoms with Gasteiger partial charge in [0.05, 0.1) is 0 Å². The van der Waals surface area contributed by atoms with Crippen LogP contribution >= 0.6 is 0 Å². The first-order chi connectivity index (χ1) is 18.3. The predicted molar refractivity (Wildman–Crippen MR) is 160 cm³/mol. The first-order valence-corrected chi connectivity index (χ1v) is 14.3. The van der Waals surface area contributed by atoms with Crippen LogP contribution in [0.25, 0.3) is 63.8 Å². The maximum absolute atomic E-state index is 2.30. The van der Waals surface area contributed by atoms with Crippen LogP contribution in [0.2, 0.25) is 0 Å². The molecule has 1 heteroatoms. The summed E-state index contributed by atoms with van der Waals surface area (Å²) in [6.45, 7) is 0. The van der Waals surface area contributed by atoms with Crippen molar-refractivity contribution in [3.63, 3.8) is 0 Å². The van der Waals surface area contributed by atoms with E-state index in [4.69, 9.17) is 0 Å². The Kier molecular flexibility index (Phi) is 5.59. The molecular weight excluding hydrogens is 511 g/mol. The molecule has 0 aliphatic heterocycles. The van der Waals surface area contributed by atoms with Crippen LogP contribution in [-0.2, 0) is 0 Å². The average Bonchev–Trinajstić information content (AvgIpc) is 3.38. The number of fused-ring (bicyclic) bond motifs is 3. The first kappa shape index (κ1) is 22.1. The molecular formula is C36H24Se. The van der Waals surface area contributed by atoms with E-state index in [0.29, 0.717) is 0 Å². The van der Waals surface area contributed by atoms with Crippen LogP contribution in [0.15, 0.2) is 146 Å². The minimum atomic E-state index is 0.244. The van der Waals surface area contributed by atoms with E-state index in [0.717, 1.165) is 0 Å². The molecule has 0 unspecified atom stereocenters. The second-order valence-electron chi connectivity index (χ2n) is 9.35. The second kappa shape index (κ2) is 9.37. The third kappa shape index (κ3) is 4.03. The van der Waals surface area contributed by atoms with Crippen molar-refractivity contribution in [1.82, 2.24) is 0 Å². The molecule has 0 amide bonds. The van der Waals surface area contributed by atoms with Crippen LogP contribution in [0.5, 0.6) is 0 Å². The van der Waals surface area contributed by atoms with E-state index in [1.165, 1.54) is 63.8 Å². The van der Waals surface area contributed by atoms with E-state index in [2.05, 4.69) is 146 Å². The molecule has 0 bridgehead atoms. The molecule has 0 radical (unpaired) electrons. The van der Waals surface area contributed by atoms with Gasteiger partial charge in [-0.15, -0.1) is 0 Å². The Labute approximate surface area is 223 Å². The van der Waals surface area contributed by atoms with Crippen molar-refractivity contribution in [3.8, 4) is 44.5 Å². The molecule has 174 valence electrons. The van der Waals surface area contributed by atoms with Crippen molar-refractivity contribution in [2.75, 3.05) is 0 Å². The van der Waals surface area contributed by atoms with Crippen LogP contribution in [0, 0.1) is 0 Å². The third-order valence-electron chi connectivity index (χ3n) is 7.13. The molecule has 0 saturated heterocycles. The Morgan fingerprint density at radius 1 is 0.270 bits per heavy atom. The zero-order chi connectivity index (χ0) is 24.6. The first-order valence-electron chi connectivity index (χ1n) is 12.6. The fraction of sp³-hybridized carbons (Fsp3) is 0. The molecule has 0 spiro atoms. The van der Waals surface area contributed by atoms with Gasteiger partial charge in [-0.05, 0) is 0 Å². The number of benzene rings is 6. The molecule has 0 atom stereocenters. The summed E-state index contributed by atoms with van der Waals surface area (Å²) in [7, 11) is 0. The van der Waals surface area contributed by atoms with E-state index in [1.807, 2.05) is 0 Å². The number of hydrogen-bond donors (Lipinski definition) is 0. The quantitative estimate of drug-likeness (QED) is 0.197. The summed E-state index contributed by atoms with van der Waals surface area (Å²) in [6, 6.07) is 52.9. The summed E-state index contributed by atoms with van der Waals surface area (Å²) >= 11 is 0.244. The van der Waals surface area contributed by atoms with Gasteiger partial charge >= 0.3 is 224 Å². The summed E-state index contributed by atoms with van der Waals surface area (Å²) in [5, 5.41) is 2.78. The average molecular weight is 536 g/mol. The fourth-order valence-corrected chi connectivity index (χ4v) is 8.10. The van der Waals surface area contributed by atoms with Gasteiger partial charge in [0, 0.05) is 0 Å². The molecule has 6 aromatic carbocycles. The van der Waals surface area contributed by atoms with Crippen LogP contribution < -0.4 is 0 Å². The zero-order valence-electron chi connectivity index (χ0n) is 20.3. The van der Waals surface area contributed by atoms with Gasteiger partial charge in [0.15, 0.2) is 0 Å². The van der Waals surface area contributed by atoms with Crippen molar-refractivity contribution >= 4 is 33.8 Å². The van der Waals surface area contributed by atoms with Gasteiger partial charge in [-0.25, -0.2) is 0 Å². The van der Waals surface area contributed by atoms with Crippen molar-refractivity contribution in [2.45, 2.75) is 0 Å². The van der Waals surface area contributed by atoms with E-state index < -0.39 is 0 Å². The summed E-state index contributed by atoms with van der Waals surface area (Å²) in [5.41, 5.74) is 10.3. The fourth-order valence-electron chi connectivity index (χ4n) is 5.22. The minimum absolute atomic E-state index is 0.244. The van der Waals surface area contributed by atoms with Crippen LogP contribution in [0.3, 0.4) is 0 Å². The SMILES string of the molecule is c1ccc(-c2ccc(-c3cccc4c3[se]c3c(-c5ccc(-c6ccccc6)cc5)cccc34)cc2)cc1. The van der Waals surface area contributed by atoms with Crippen molar-refractivity contribution in [1.29, 1.82) is 0 Å². The normalized spacial score (nSPS) is 11.2. The monoisotopic (exact) mass is 536 g/mol. The van der Waals surface area contributed by atoms with Gasteiger partial charge in [0.2, 0.25) is 0 Å². The molecule has 37 heavy (non-hydrogen) atoms. The summed E-state index contributed by atoms with van der Waals surface area (Å²) in [6.07, 6.45) is 0. The van der Waals surface area contributed by atoms with Gasteiger partial charge in [-0.2, -0.15) is 0 Å². The van der Waals surface area contributed by atoms with Gasteiger partial charge < -0.3 is 0 Å². The molecule has 0 saturated carbocycles. The number of rotatable bonds is 4. The van der Waals surface area contributed by atoms with E-state index in [9.17, 15) is 0 Å². The molecule has 0 aliphatic carbocycles. The molecule has 0 aliphatic rings. The van der Waals surface area contributed by atoms with Gasteiger partial charge in [0.1, 0.15) is 0 Å². The molecule has 0 N–H and O–H groups in total. The molecule has 0 fully saturated rings. The number of hydrogen-bond acceptors (Lipinski definition) is 0. The van der Waals surface area contributed by atoms with Gasteiger partial charge in [-0.3, -0.25) is 0 Å². The van der Waals surface area contributed by atoms with E-state index in [1.54, 1.807) is 0 Å². The van der Waals surface area contributed by atoms with Crippen LogP contribution in [0.1, 0.15) is 0 Å². The second-order valence-corrected chi connectivity index (χ2v) is 11.5. The molecule has 7 aromatic rings. The van der Waals surface area contributed by atoms with Gasteiger partial charge in [-0.1, -0.05) is 0 Å².